The molecule has 209 valence electrons. The maximum atomic E-state index is 2.67. The van der Waals surface area contributed by atoms with E-state index in [2.05, 4.69) is 111 Å². The highest BCUT2D eigenvalue weighted by atomic mass is 31.1. The van der Waals surface area contributed by atoms with Gasteiger partial charge in [-0.05, 0) is 134 Å². The fourth-order valence-electron chi connectivity index (χ4n) is 9.65. The molecule has 5 fully saturated rings. The molecule has 0 aliphatic heterocycles. The van der Waals surface area contributed by atoms with Crippen molar-refractivity contribution in [1.82, 2.24) is 0 Å². The summed E-state index contributed by atoms with van der Waals surface area (Å²) in [5.41, 5.74) is 4.20. The number of benzene rings is 3. The van der Waals surface area contributed by atoms with Gasteiger partial charge in [-0.1, -0.05) is 113 Å². The van der Waals surface area contributed by atoms with Gasteiger partial charge in [-0.15, -0.1) is 0 Å². The summed E-state index contributed by atoms with van der Waals surface area (Å²) in [6, 6.07) is 31.9. The summed E-state index contributed by atoms with van der Waals surface area (Å²) >= 11 is 0. The first-order chi connectivity index (χ1) is 20.2. The Morgan fingerprint density at radius 1 is 0.610 bits per heavy atom. The number of fused-ring (bicyclic) bond motifs is 4. The number of rotatable bonds is 8. The molecule has 2 unspecified atom stereocenters. The van der Waals surface area contributed by atoms with Crippen LogP contribution in [0, 0.1) is 54.8 Å². The fraction of sp³-hybridized carbons (Fsp3) is 0.410. The van der Waals surface area contributed by atoms with Gasteiger partial charge >= 0.3 is 0 Å². The lowest BCUT2D eigenvalue weighted by Crippen LogP contribution is -2.33. The summed E-state index contributed by atoms with van der Waals surface area (Å²) in [6.45, 7) is 2.67. The van der Waals surface area contributed by atoms with Gasteiger partial charge in [-0.25, -0.2) is 0 Å². The zero-order chi connectivity index (χ0) is 27.3. The molecule has 0 amide bonds. The van der Waals surface area contributed by atoms with Gasteiger partial charge in [0.05, 0.1) is 0 Å². The van der Waals surface area contributed by atoms with E-state index in [9.17, 15) is 0 Å². The summed E-state index contributed by atoms with van der Waals surface area (Å²) in [5, 5.41) is 4.38. The lowest BCUT2D eigenvalue weighted by Gasteiger charge is -2.45. The van der Waals surface area contributed by atoms with Crippen molar-refractivity contribution in [2.45, 2.75) is 75.3 Å². The Labute approximate surface area is 251 Å². The van der Waals surface area contributed by atoms with Crippen molar-refractivity contribution in [2.75, 3.05) is 0 Å². The topological polar surface area (TPSA) is 0 Å². The molecule has 0 spiro atoms. The van der Waals surface area contributed by atoms with E-state index in [1.165, 1.54) is 53.1 Å². The molecular formula is C39H43P2. The second kappa shape index (κ2) is 11.5. The smallest absolute Gasteiger partial charge is 0.0171 e. The summed E-state index contributed by atoms with van der Waals surface area (Å²) in [5.74, 6) is 7.32. The molecule has 0 nitrogen and oxygen atoms in total. The second-order valence-electron chi connectivity index (χ2n) is 13.5. The van der Waals surface area contributed by atoms with Crippen LogP contribution in [-0.4, -0.2) is 17.0 Å². The molecule has 0 N–H and O–H groups in total. The molecule has 5 aliphatic rings. The standard InChI is InChI=1S/C39H43P2/c1-27(40(38-25-28-19-21-30(38)23-28)39-26-29-20-22-31(39)24-29)34-16-10-17-35(34)36-15-8-9-18-37(36)41(32-11-4-2-5-12-32)33-13-6-3-7-14-33/h2-18,27-31,38-39H,19-26H2,1H3/t27-,28-,29-,30+,31+,38?,39?,40?/m1/s1. The molecular weight excluding hydrogens is 530 g/mol. The first-order valence-corrected chi connectivity index (χ1v) is 19.2. The lowest BCUT2D eigenvalue weighted by atomic mass is 9.87. The molecule has 0 aromatic heterocycles. The normalized spacial score (nSPS) is 32.7. The van der Waals surface area contributed by atoms with E-state index in [4.69, 9.17) is 0 Å². The van der Waals surface area contributed by atoms with Gasteiger partial charge in [-0.3, -0.25) is 0 Å². The largest absolute Gasteiger partial charge is 0.0962 e. The Balaban J connectivity index is 1.16. The van der Waals surface area contributed by atoms with Crippen molar-refractivity contribution >= 4 is 31.8 Å². The molecule has 7 atom stereocenters. The zero-order valence-corrected chi connectivity index (χ0v) is 26.2. The maximum Gasteiger partial charge on any atom is 0.0171 e. The molecule has 4 bridgehead atoms. The van der Waals surface area contributed by atoms with Crippen molar-refractivity contribution < 1.29 is 0 Å². The van der Waals surface area contributed by atoms with Gasteiger partial charge in [-0.2, -0.15) is 0 Å². The molecule has 41 heavy (non-hydrogen) atoms. The van der Waals surface area contributed by atoms with Crippen LogP contribution in [0.1, 0.15) is 63.9 Å². The first-order valence-electron chi connectivity index (χ1n) is 16.3. The first kappa shape index (κ1) is 27.1. The van der Waals surface area contributed by atoms with Crippen molar-refractivity contribution in [1.29, 1.82) is 0 Å². The van der Waals surface area contributed by atoms with Crippen LogP contribution in [0.5, 0.6) is 0 Å². The van der Waals surface area contributed by atoms with E-state index in [-0.39, 0.29) is 7.92 Å². The van der Waals surface area contributed by atoms with E-state index < -0.39 is 7.92 Å². The van der Waals surface area contributed by atoms with E-state index in [1.807, 2.05) is 0 Å². The third kappa shape index (κ3) is 4.98. The Morgan fingerprint density at radius 2 is 1.17 bits per heavy atom. The highest BCUT2D eigenvalue weighted by Gasteiger charge is 2.53. The van der Waals surface area contributed by atoms with Gasteiger partial charge in [0.25, 0.3) is 0 Å². The van der Waals surface area contributed by atoms with E-state index in [1.54, 1.807) is 31.6 Å². The van der Waals surface area contributed by atoms with Crippen molar-refractivity contribution in [3.05, 3.63) is 122 Å². The molecule has 5 aliphatic carbocycles. The van der Waals surface area contributed by atoms with E-state index in [0.717, 1.165) is 35.0 Å². The Morgan fingerprint density at radius 3 is 1.71 bits per heavy atom. The van der Waals surface area contributed by atoms with E-state index >= 15 is 0 Å². The number of hydrogen-bond donors (Lipinski definition) is 0. The summed E-state index contributed by atoms with van der Waals surface area (Å²) in [7, 11) is -0.657. The molecule has 5 radical (unpaired) electrons. The van der Waals surface area contributed by atoms with Gasteiger partial charge in [0.2, 0.25) is 0 Å². The minimum Gasteiger partial charge on any atom is -0.0962 e. The minimum absolute atomic E-state index is 0.0180. The SMILES string of the molecule is C[C@H]([C]1[CH][CH][CH][C]1c1ccccc1P(c1ccccc1)c1ccccc1)P(C1C[C@@H]2CC[C@H]1C2)C1C[C@@H]2CC[C@H]1C2. The van der Waals surface area contributed by atoms with Crippen LogP contribution in [0.2, 0.25) is 0 Å². The quantitative estimate of drug-likeness (QED) is 0.236. The highest BCUT2D eigenvalue weighted by molar-refractivity contribution is 7.80. The van der Waals surface area contributed by atoms with Gasteiger partial charge < -0.3 is 0 Å². The van der Waals surface area contributed by atoms with Crippen molar-refractivity contribution in [2.24, 2.45) is 23.7 Å². The lowest BCUT2D eigenvalue weighted by molar-refractivity contribution is 0.458. The van der Waals surface area contributed by atoms with Crippen LogP contribution in [0.4, 0.5) is 0 Å². The van der Waals surface area contributed by atoms with Crippen LogP contribution in [0.3, 0.4) is 0 Å². The molecule has 0 saturated heterocycles. The van der Waals surface area contributed by atoms with Crippen LogP contribution < -0.4 is 15.9 Å². The molecule has 0 heterocycles. The molecule has 3 aromatic carbocycles. The highest BCUT2D eigenvalue weighted by Crippen LogP contribution is 2.71. The van der Waals surface area contributed by atoms with Crippen LogP contribution in [0.15, 0.2) is 84.9 Å². The Bertz CT molecular complexity index is 1250. The number of hydrogen-bond acceptors (Lipinski definition) is 0. The van der Waals surface area contributed by atoms with Crippen LogP contribution >= 0.6 is 15.8 Å². The molecule has 5 saturated carbocycles. The molecule has 3 aromatic rings. The summed E-state index contributed by atoms with van der Waals surface area (Å²) in [4.78, 5) is 0. The Kier molecular flexibility index (Phi) is 7.63. The predicted molar refractivity (Wildman–Crippen MR) is 178 cm³/mol. The minimum atomic E-state index is -0.639. The zero-order valence-electron chi connectivity index (χ0n) is 24.4. The fourth-order valence-corrected chi connectivity index (χ4v) is 16.9. The monoisotopic (exact) mass is 573 g/mol. The third-order valence-electron chi connectivity index (χ3n) is 11.4. The van der Waals surface area contributed by atoms with Crippen molar-refractivity contribution in [3.8, 4) is 0 Å². The van der Waals surface area contributed by atoms with Crippen LogP contribution in [-0.2, 0) is 0 Å². The Hall–Kier alpha value is -1.48. The average Bonchev–Trinajstić information content (AvgIpc) is 3.86. The summed E-state index contributed by atoms with van der Waals surface area (Å²) < 4.78 is 0. The molecule has 8 rings (SSSR count). The third-order valence-corrected chi connectivity index (χ3v) is 17.8. The maximum absolute atomic E-state index is 2.67. The van der Waals surface area contributed by atoms with Gasteiger partial charge in [0, 0.05) is 5.92 Å². The predicted octanol–water partition coefficient (Wildman–Crippen LogP) is 8.82. The average molecular weight is 574 g/mol. The second-order valence-corrected chi connectivity index (χ2v) is 18.7. The van der Waals surface area contributed by atoms with Gasteiger partial charge in [0.1, 0.15) is 0 Å². The molecule has 2 heteroatoms. The van der Waals surface area contributed by atoms with Crippen LogP contribution in [0.25, 0.3) is 0 Å². The summed E-state index contributed by atoms with van der Waals surface area (Å²) in [6.07, 6.45) is 19.7. The van der Waals surface area contributed by atoms with Crippen molar-refractivity contribution in [3.63, 3.8) is 0 Å². The van der Waals surface area contributed by atoms with E-state index in [0.29, 0.717) is 5.66 Å². The van der Waals surface area contributed by atoms with Gasteiger partial charge in [0.15, 0.2) is 0 Å².